The van der Waals surface area contributed by atoms with Crippen molar-refractivity contribution in [2.75, 3.05) is 12.0 Å². The summed E-state index contributed by atoms with van der Waals surface area (Å²) in [5.74, 6) is -0.185. The monoisotopic (exact) mass is 431 g/mol. The van der Waals surface area contributed by atoms with Crippen molar-refractivity contribution in [2.24, 2.45) is 0 Å². The van der Waals surface area contributed by atoms with Crippen molar-refractivity contribution in [3.8, 4) is 0 Å². The van der Waals surface area contributed by atoms with Crippen LogP contribution in [0.2, 0.25) is 0 Å². The first-order valence-electron chi connectivity index (χ1n) is 8.97. The molecule has 0 radical (unpaired) electrons. The lowest BCUT2D eigenvalue weighted by Gasteiger charge is -2.17. The number of esters is 1. The molecule has 1 amide bonds. The fourth-order valence-electron chi connectivity index (χ4n) is 2.72. The number of thioether (sulfide) groups is 1. The topological polar surface area (TPSA) is 89.8 Å². The van der Waals surface area contributed by atoms with Crippen LogP contribution in [-0.2, 0) is 16.1 Å². The fraction of sp³-hybridized carbons (Fsp3) is 0.300. The van der Waals surface area contributed by atoms with Gasteiger partial charge in [0.15, 0.2) is 4.96 Å². The van der Waals surface area contributed by atoms with Gasteiger partial charge in [-0.2, -0.15) is 11.8 Å². The third-order valence-electron chi connectivity index (χ3n) is 4.20. The van der Waals surface area contributed by atoms with Gasteiger partial charge in [0.05, 0.1) is 5.69 Å². The van der Waals surface area contributed by atoms with E-state index in [2.05, 4.69) is 10.3 Å². The van der Waals surface area contributed by atoms with E-state index >= 15 is 0 Å². The second kappa shape index (κ2) is 9.71. The Labute approximate surface area is 176 Å². The molecule has 0 aliphatic heterocycles. The Morgan fingerprint density at radius 3 is 2.93 bits per heavy atom. The second-order valence-electron chi connectivity index (χ2n) is 6.43. The highest BCUT2D eigenvalue weighted by Gasteiger charge is 2.23. The van der Waals surface area contributed by atoms with Crippen LogP contribution in [0.4, 0.5) is 0 Å². The Balaban J connectivity index is 1.67. The van der Waals surface area contributed by atoms with Crippen molar-refractivity contribution < 1.29 is 14.3 Å². The van der Waals surface area contributed by atoms with Crippen LogP contribution < -0.4 is 10.9 Å². The molecule has 152 valence electrons. The van der Waals surface area contributed by atoms with E-state index in [9.17, 15) is 14.4 Å². The summed E-state index contributed by atoms with van der Waals surface area (Å²) in [6.45, 7) is 1.77. The van der Waals surface area contributed by atoms with Crippen LogP contribution in [0.15, 0.2) is 46.7 Å². The first-order chi connectivity index (χ1) is 14.0. The highest BCUT2D eigenvalue weighted by molar-refractivity contribution is 7.98. The molecule has 0 aliphatic carbocycles. The molecule has 9 heteroatoms. The zero-order valence-electron chi connectivity index (χ0n) is 16.1. The predicted molar refractivity (Wildman–Crippen MR) is 115 cm³/mol. The van der Waals surface area contributed by atoms with Gasteiger partial charge in [-0.15, -0.1) is 11.3 Å². The average Bonchev–Trinajstić information content (AvgIpc) is 3.18. The minimum absolute atomic E-state index is 0.126. The van der Waals surface area contributed by atoms with Crippen LogP contribution >= 0.6 is 23.1 Å². The molecule has 0 spiro atoms. The molecule has 29 heavy (non-hydrogen) atoms. The Morgan fingerprint density at radius 1 is 1.34 bits per heavy atom. The molecule has 0 aliphatic rings. The summed E-state index contributed by atoms with van der Waals surface area (Å²) >= 11 is 2.90. The number of benzene rings is 1. The van der Waals surface area contributed by atoms with E-state index in [0.717, 1.165) is 5.56 Å². The number of thiazole rings is 1. The van der Waals surface area contributed by atoms with Gasteiger partial charge in [-0.1, -0.05) is 17.7 Å². The Kier molecular flexibility index (Phi) is 7.05. The maximum absolute atomic E-state index is 12.6. The van der Waals surface area contributed by atoms with E-state index in [1.54, 1.807) is 41.5 Å². The summed E-state index contributed by atoms with van der Waals surface area (Å²) in [7, 11) is 0. The Morgan fingerprint density at radius 2 is 2.17 bits per heavy atom. The third-order valence-corrected chi connectivity index (χ3v) is 5.60. The van der Waals surface area contributed by atoms with Crippen molar-refractivity contribution in [1.82, 2.24) is 14.7 Å². The normalized spacial score (nSPS) is 11.9. The number of fused-ring (bicyclic) bond motifs is 1. The summed E-state index contributed by atoms with van der Waals surface area (Å²) in [4.78, 5) is 42.0. The van der Waals surface area contributed by atoms with Gasteiger partial charge in [0.2, 0.25) is 0 Å². The van der Waals surface area contributed by atoms with Crippen LogP contribution in [0.5, 0.6) is 0 Å². The average molecular weight is 432 g/mol. The lowest BCUT2D eigenvalue weighted by atomic mass is 10.1. The van der Waals surface area contributed by atoms with Crippen molar-refractivity contribution in [3.63, 3.8) is 0 Å². The van der Waals surface area contributed by atoms with Crippen LogP contribution in [0.3, 0.4) is 0 Å². The molecule has 1 atom stereocenters. The van der Waals surface area contributed by atoms with Gasteiger partial charge >= 0.3 is 5.97 Å². The smallest absolute Gasteiger partial charge is 0.329 e. The molecule has 1 N–H and O–H groups in total. The van der Waals surface area contributed by atoms with Crippen LogP contribution in [-0.4, -0.2) is 39.3 Å². The fourth-order valence-corrected chi connectivity index (χ4v) is 3.93. The van der Waals surface area contributed by atoms with Gasteiger partial charge in [0.1, 0.15) is 12.6 Å². The van der Waals surface area contributed by atoms with Crippen molar-refractivity contribution in [2.45, 2.75) is 26.0 Å². The van der Waals surface area contributed by atoms with Gasteiger partial charge in [-0.05, 0) is 37.5 Å². The number of hydrogen-bond donors (Lipinski definition) is 1. The number of nitrogens with one attached hydrogen (secondary N) is 1. The lowest BCUT2D eigenvalue weighted by Crippen LogP contribution is -2.42. The summed E-state index contributed by atoms with van der Waals surface area (Å²) in [6.07, 6.45) is 4.01. The van der Waals surface area contributed by atoms with E-state index < -0.39 is 12.0 Å². The third kappa shape index (κ3) is 5.45. The van der Waals surface area contributed by atoms with E-state index in [1.807, 2.05) is 19.2 Å². The van der Waals surface area contributed by atoms with Gasteiger partial charge in [-0.3, -0.25) is 14.0 Å². The van der Waals surface area contributed by atoms with E-state index in [0.29, 0.717) is 28.4 Å². The molecule has 2 heterocycles. The number of nitrogens with zero attached hydrogens (tertiary/aromatic N) is 2. The zero-order valence-corrected chi connectivity index (χ0v) is 17.7. The molecule has 0 saturated heterocycles. The summed E-state index contributed by atoms with van der Waals surface area (Å²) in [5.41, 5.74) is 1.60. The molecule has 0 saturated carbocycles. The second-order valence-corrected chi connectivity index (χ2v) is 8.28. The quantitative estimate of drug-likeness (QED) is 0.552. The number of aromatic nitrogens is 2. The van der Waals surface area contributed by atoms with Crippen molar-refractivity contribution >= 4 is 39.9 Å². The number of rotatable bonds is 8. The lowest BCUT2D eigenvalue weighted by molar-refractivity contribution is -0.147. The Bertz CT molecular complexity index is 1080. The highest BCUT2D eigenvalue weighted by Crippen LogP contribution is 2.10. The van der Waals surface area contributed by atoms with Crippen molar-refractivity contribution in [1.29, 1.82) is 0 Å². The molecule has 3 rings (SSSR count). The van der Waals surface area contributed by atoms with Crippen LogP contribution in [0.1, 0.15) is 28.0 Å². The largest absolute Gasteiger partial charge is 0.458 e. The van der Waals surface area contributed by atoms with Gasteiger partial charge in [-0.25, -0.2) is 9.78 Å². The minimum Gasteiger partial charge on any atom is -0.458 e. The van der Waals surface area contributed by atoms with E-state index in [1.165, 1.54) is 21.8 Å². The Hall–Kier alpha value is -2.65. The number of ether oxygens (including phenoxy) is 1. The number of aryl methyl sites for hydroxylation is 1. The first kappa shape index (κ1) is 21.1. The van der Waals surface area contributed by atoms with Crippen LogP contribution in [0, 0.1) is 6.92 Å². The number of amides is 1. The van der Waals surface area contributed by atoms with E-state index in [-0.39, 0.29) is 18.1 Å². The van der Waals surface area contributed by atoms with Gasteiger partial charge in [0.25, 0.3) is 11.5 Å². The molecule has 7 nitrogen and oxygen atoms in total. The molecule has 1 unspecified atom stereocenters. The number of carbonyl (C=O) groups is 2. The molecule has 3 aromatic rings. The highest BCUT2D eigenvalue weighted by atomic mass is 32.2. The summed E-state index contributed by atoms with van der Waals surface area (Å²) in [6, 6.07) is 7.73. The maximum Gasteiger partial charge on any atom is 0.329 e. The van der Waals surface area contributed by atoms with E-state index in [4.69, 9.17) is 4.74 Å². The first-order valence-corrected chi connectivity index (χ1v) is 11.2. The molecule has 1 aromatic carbocycles. The van der Waals surface area contributed by atoms with Crippen LogP contribution in [0.25, 0.3) is 4.96 Å². The molecule has 2 aromatic heterocycles. The number of hydrogen-bond acceptors (Lipinski definition) is 7. The molecule has 0 fully saturated rings. The molecular weight excluding hydrogens is 410 g/mol. The number of carbonyl (C=O) groups excluding carboxylic acids is 2. The SMILES string of the molecule is CSCCC(NC(=O)c1cccc(C)c1)C(=O)OCc1cc(=O)n2ccsc2n1. The van der Waals surface area contributed by atoms with Gasteiger partial charge < -0.3 is 10.1 Å². The maximum atomic E-state index is 12.6. The minimum atomic E-state index is -0.776. The predicted octanol–water partition coefficient (Wildman–Crippen LogP) is 2.66. The summed E-state index contributed by atoms with van der Waals surface area (Å²) in [5, 5.41) is 4.52. The standard InChI is InChI=1S/C20H21N3O4S2/c1-13-4-3-5-14(10-13)18(25)22-16(6-8-28-2)19(26)27-12-15-11-17(24)23-7-9-29-20(23)21-15/h3-5,7,9-11,16H,6,8,12H2,1-2H3,(H,22,25). The molecule has 0 bridgehead atoms. The molecular formula is C20H21N3O4S2. The zero-order chi connectivity index (χ0) is 20.8. The van der Waals surface area contributed by atoms with Crippen molar-refractivity contribution in [3.05, 3.63) is 69.1 Å². The van der Waals surface area contributed by atoms with Gasteiger partial charge in [0, 0.05) is 23.2 Å². The summed E-state index contributed by atoms with van der Waals surface area (Å²) < 4.78 is 6.79.